The number of aryl methyl sites for hydroxylation is 2. The van der Waals surface area contributed by atoms with E-state index in [1.165, 1.54) is 27.6 Å². The Bertz CT molecular complexity index is 551. The largest absolute Gasteiger partial charge is 0.310 e. The van der Waals surface area contributed by atoms with E-state index in [9.17, 15) is 0 Å². The van der Waals surface area contributed by atoms with Gasteiger partial charge in [0.05, 0.1) is 0 Å². The highest BCUT2D eigenvalue weighted by atomic mass is 79.9. The highest BCUT2D eigenvalue weighted by Gasteiger charge is 2.14. The van der Waals surface area contributed by atoms with Gasteiger partial charge in [0.2, 0.25) is 0 Å². The Morgan fingerprint density at radius 1 is 1.05 bits per heavy atom. The van der Waals surface area contributed by atoms with Crippen LogP contribution in [0.1, 0.15) is 42.5 Å². The summed E-state index contributed by atoms with van der Waals surface area (Å²) in [6.07, 6.45) is 3.50. The lowest BCUT2D eigenvalue weighted by molar-refractivity contribution is 0.496. The Morgan fingerprint density at radius 2 is 1.81 bits per heavy atom. The summed E-state index contributed by atoms with van der Waals surface area (Å²) in [6.45, 7) is 5.32. The molecule has 0 spiro atoms. The predicted octanol–water partition coefficient (Wildman–Crippen LogP) is 5.43. The molecule has 0 amide bonds. The fourth-order valence-corrected chi connectivity index (χ4v) is 3.25. The molecule has 0 bridgehead atoms. The van der Waals surface area contributed by atoms with Crippen LogP contribution in [0.15, 0.2) is 53.0 Å². The topological polar surface area (TPSA) is 12.0 Å². The molecule has 0 aromatic heterocycles. The van der Waals surface area contributed by atoms with E-state index < -0.39 is 0 Å². The standard InChI is InChI=1S/C19H24BrN/c1-3-21-18(17-13-7-9-15(2)19(17)20)14-8-12-16-10-5-4-6-11-16/h4-7,9-11,13,18,21H,3,8,12,14H2,1-2H3. The van der Waals surface area contributed by atoms with E-state index in [1.54, 1.807) is 0 Å². The number of nitrogens with one attached hydrogen (secondary N) is 1. The van der Waals surface area contributed by atoms with Crippen molar-refractivity contribution in [2.75, 3.05) is 6.54 Å². The van der Waals surface area contributed by atoms with Crippen molar-refractivity contribution < 1.29 is 0 Å². The van der Waals surface area contributed by atoms with E-state index in [0.29, 0.717) is 6.04 Å². The second-order valence-corrected chi connectivity index (χ2v) is 6.26. The Morgan fingerprint density at radius 3 is 2.52 bits per heavy atom. The maximum absolute atomic E-state index is 3.75. The van der Waals surface area contributed by atoms with Crippen molar-refractivity contribution in [2.45, 2.75) is 39.2 Å². The minimum atomic E-state index is 0.424. The molecule has 112 valence electrons. The molecule has 0 saturated heterocycles. The second kappa shape index (κ2) is 8.35. The molecule has 0 aliphatic heterocycles. The van der Waals surface area contributed by atoms with Crippen molar-refractivity contribution in [3.8, 4) is 0 Å². The van der Waals surface area contributed by atoms with Crippen LogP contribution in [-0.2, 0) is 6.42 Å². The monoisotopic (exact) mass is 345 g/mol. The molecular formula is C19H24BrN. The zero-order chi connectivity index (χ0) is 15.1. The third kappa shape index (κ3) is 4.69. The summed E-state index contributed by atoms with van der Waals surface area (Å²) in [7, 11) is 0. The average molecular weight is 346 g/mol. The van der Waals surface area contributed by atoms with Crippen LogP contribution in [0.5, 0.6) is 0 Å². The van der Waals surface area contributed by atoms with Crippen LogP contribution >= 0.6 is 15.9 Å². The summed E-state index contributed by atoms with van der Waals surface area (Å²) in [5, 5.41) is 3.62. The number of benzene rings is 2. The van der Waals surface area contributed by atoms with Gasteiger partial charge in [-0.2, -0.15) is 0 Å². The lowest BCUT2D eigenvalue weighted by atomic mass is 9.97. The van der Waals surface area contributed by atoms with Gasteiger partial charge in [0, 0.05) is 10.5 Å². The van der Waals surface area contributed by atoms with Gasteiger partial charge in [-0.25, -0.2) is 0 Å². The molecule has 1 unspecified atom stereocenters. The summed E-state index contributed by atoms with van der Waals surface area (Å²) in [6, 6.07) is 17.7. The lowest BCUT2D eigenvalue weighted by Crippen LogP contribution is -2.21. The smallest absolute Gasteiger partial charge is 0.0331 e. The zero-order valence-electron chi connectivity index (χ0n) is 12.9. The lowest BCUT2D eigenvalue weighted by Gasteiger charge is -2.20. The van der Waals surface area contributed by atoms with Crippen molar-refractivity contribution in [1.82, 2.24) is 5.32 Å². The predicted molar refractivity (Wildman–Crippen MR) is 94.7 cm³/mol. The molecule has 0 aliphatic rings. The van der Waals surface area contributed by atoms with Crippen molar-refractivity contribution in [1.29, 1.82) is 0 Å². The van der Waals surface area contributed by atoms with Crippen LogP contribution in [-0.4, -0.2) is 6.54 Å². The SMILES string of the molecule is CCNC(CCCc1ccccc1)c1cccc(C)c1Br. The number of hydrogen-bond donors (Lipinski definition) is 1. The van der Waals surface area contributed by atoms with Crippen molar-refractivity contribution in [3.05, 3.63) is 69.7 Å². The minimum absolute atomic E-state index is 0.424. The van der Waals surface area contributed by atoms with Crippen LogP contribution in [0.2, 0.25) is 0 Å². The van der Waals surface area contributed by atoms with Crippen LogP contribution in [0, 0.1) is 6.92 Å². The van der Waals surface area contributed by atoms with Gasteiger partial charge in [-0.15, -0.1) is 0 Å². The van der Waals surface area contributed by atoms with Gasteiger partial charge in [-0.3, -0.25) is 0 Å². The summed E-state index contributed by atoms with van der Waals surface area (Å²) in [4.78, 5) is 0. The maximum atomic E-state index is 3.75. The molecule has 2 aromatic carbocycles. The van der Waals surface area contributed by atoms with E-state index in [4.69, 9.17) is 0 Å². The maximum Gasteiger partial charge on any atom is 0.0331 e. The van der Waals surface area contributed by atoms with E-state index >= 15 is 0 Å². The molecule has 21 heavy (non-hydrogen) atoms. The average Bonchev–Trinajstić information content (AvgIpc) is 2.50. The molecule has 2 heteroatoms. The number of hydrogen-bond acceptors (Lipinski definition) is 1. The third-order valence-corrected chi connectivity index (χ3v) is 4.93. The van der Waals surface area contributed by atoms with Gasteiger partial charge >= 0.3 is 0 Å². The Labute approximate surface area is 136 Å². The van der Waals surface area contributed by atoms with E-state index in [2.05, 4.69) is 83.6 Å². The van der Waals surface area contributed by atoms with Crippen molar-refractivity contribution in [3.63, 3.8) is 0 Å². The van der Waals surface area contributed by atoms with Gasteiger partial charge in [0.25, 0.3) is 0 Å². The molecule has 1 nitrogen and oxygen atoms in total. The second-order valence-electron chi connectivity index (χ2n) is 5.47. The molecule has 0 heterocycles. The highest BCUT2D eigenvalue weighted by molar-refractivity contribution is 9.10. The van der Waals surface area contributed by atoms with Gasteiger partial charge in [0.15, 0.2) is 0 Å². The minimum Gasteiger partial charge on any atom is -0.310 e. The van der Waals surface area contributed by atoms with E-state index in [0.717, 1.165) is 19.4 Å². The van der Waals surface area contributed by atoms with Crippen molar-refractivity contribution >= 4 is 15.9 Å². The molecule has 0 saturated carbocycles. The summed E-state index contributed by atoms with van der Waals surface area (Å²) < 4.78 is 1.25. The fraction of sp³-hybridized carbons (Fsp3) is 0.368. The zero-order valence-corrected chi connectivity index (χ0v) is 14.5. The quantitative estimate of drug-likeness (QED) is 0.705. The molecule has 0 radical (unpaired) electrons. The molecule has 2 rings (SSSR count). The normalized spacial score (nSPS) is 12.3. The first-order chi connectivity index (χ1) is 10.2. The van der Waals surface area contributed by atoms with E-state index in [-0.39, 0.29) is 0 Å². The molecule has 1 N–H and O–H groups in total. The third-order valence-electron chi connectivity index (χ3n) is 3.85. The molecule has 0 aliphatic carbocycles. The molecular weight excluding hydrogens is 322 g/mol. The highest BCUT2D eigenvalue weighted by Crippen LogP contribution is 2.29. The van der Waals surface area contributed by atoms with Crippen LogP contribution < -0.4 is 5.32 Å². The Kier molecular flexibility index (Phi) is 6.47. The van der Waals surface area contributed by atoms with Gasteiger partial charge in [0.1, 0.15) is 0 Å². The summed E-state index contributed by atoms with van der Waals surface area (Å²) in [5.74, 6) is 0. The number of rotatable bonds is 7. The number of halogens is 1. The Balaban J connectivity index is 2.00. The van der Waals surface area contributed by atoms with Crippen LogP contribution in [0.4, 0.5) is 0 Å². The van der Waals surface area contributed by atoms with Crippen LogP contribution in [0.25, 0.3) is 0 Å². The van der Waals surface area contributed by atoms with Gasteiger partial charge < -0.3 is 5.32 Å². The fourth-order valence-electron chi connectivity index (χ4n) is 2.71. The van der Waals surface area contributed by atoms with Crippen LogP contribution in [0.3, 0.4) is 0 Å². The van der Waals surface area contributed by atoms with Crippen molar-refractivity contribution in [2.24, 2.45) is 0 Å². The molecule has 1 atom stereocenters. The summed E-state index contributed by atoms with van der Waals surface area (Å²) >= 11 is 3.75. The molecule has 2 aromatic rings. The van der Waals surface area contributed by atoms with Gasteiger partial charge in [-0.05, 0) is 49.4 Å². The molecule has 0 fully saturated rings. The summed E-state index contributed by atoms with van der Waals surface area (Å²) in [5.41, 5.74) is 4.11. The first-order valence-electron chi connectivity index (χ1n) is 7.74. The van der Waals surface area contributed by atoms with E-state index in [1.807, 2.05) is 0 Å². The Hall–Kier alpha value is -1.12. The van der Waals surface area contributed by atoms with Gasteiger partial charge in [-0.1, -0.05) is 71.4 Å². The first kappa shape index (κ1) is 16.3. The first-order valence-corrected chi connectivity index (χ1v) is 8.54.